The highest BCUT2D eigenvalue weighted by Gasteiger charge is 2.31. The second-order valence-electron chi connectivity index (χ2n) is 9.37. The first kappa shape index (κ1) is 28.2. The number of carbonyl (C=O) groups is 1. The van der Waals surface area contributed by atoms with Gasteiger partial charge in [-0.3, -0.25) is 9.79 Å². The van der Waals surface area contributed by atoms with E-state index in [9.17, 15) is 15.0 Å². The zero-order valence-electron chi connectivity index (χ0n) is 21.9. The number of amides is 1. The molecule has 1 aromatic carbocycles. The smallest absolute Gasteiger partial charge is 0.251 e. The molecule has 35 heavy (non-hydrogen) atoms. The number of hydrogen-bond acceptors (Lipinski definition) is 5. The number of allylic oxidation sites excluding steroid dienone is 4. The molecule has 1 atom stereocenters. The molecule has 7 heteroatoms. The fourth-order valence-corrected chi connectivity index (χ4v) is 3.97. The lowest BCUT2D eigenvalue weighted by molar-refractivity contribution is -0.139. The number of aromatic hydroxyl groups is 1. The van der Waals surface area contributed by atoms with E-state index in [0.717, 1.165) is 54.2 Å². The van der Waals surface area contributed by atoms with Crippen LogP contribution in [-0.4, -0.2) is 58.6 Å². The third-order valence-electron chi connectivity index (χ3n) is 6.50. The Hall–Kier alpha value is -3.06. The number of nitrogens with zero attached hydrogens (tertiary/aromatic N) is 2. The van der Waals surface area contributed by atoms with Crippen molar-refractivity contribution in [1.29, 1.82) is 0 Å². The van der Waals surface area contributed by atoms with Crippen molar-refractivity contribution in [3.05, 3.63) is 65.4 Å². The summed E-state index contributed by atoms with van der Waals surface area (Å²) in [5, 5.41) is 26.7. The van der Waals surface area contributed by atoms with E-state index in [0.29, 0.717) is 19.4 Å². The van der Waals surface area contributed by atoms with Gasteiger partial charge in [-0.15, -0.1) is 0 Å². The Labute approximate surface area is 210 Å². The van der Waals surface area contributed by atoms with E-state index in [2.05, 4.69) is 28.2 Å². The number of aliphatic hydroxyl groups is 1. The number of carbonyl (C=O) groups excluding carboxylic acids is 1. The van der Waals surface area contributed by atoms with E-state index >= 15 is 0 Å². The predicted octanol–water partition coefficient (Wildman–Crippen LogP) is 4.05. The van der Waals surface area contributed by atoms with Crippen LogP contribution in [0.15, 0.2) is 64.8 Å². The number of piperidine rings is 1. The maximum Gasteiger partial charge on any atom is 0.251 e. The number of phenolic OH excluding ortho intramolecular Hbond substituents is 1. The molecule has 2 rings (SSSR count). The summed E-state index contributed by atoms with van der Waals surface area (Å²) in [6, 6.07) is 7.28. The van der Waals surface area contributed by atoms with Gasteiger partial charge in [0.1, 0.15) is 17.2 Å². The number of rotatable bonds is 10. The van der Waals surface area contributed by atoms with Gasteiger partial charge in [0, 0.05) is 43.9 Å². The fourth-order valence-electron chi connectivity index (χ4n) is 3.97. The molecule has 0 spiro atoms. The van der Waals surface area contributed by atoms with Crippen molar-refractivity contribution in [2.45, 2.75) is 71.6 Å². The van der Waals surface area contributed by atoms with Gasteiger partial charge >= 0.3 is 0 Å². The number of benzene rings is 1. The Bertz CT molecular complexity index is 970. The van der Waals surface area contributed by atoms with Crippen LogP contribution >= 0.6 is 0 Å². The molecular weight excluding hydrogens is 440 g/mol. The molecular formula is C28H42N4O3. The first-order valence-corrected chi connectivity index (χ1v) is 12.4. The number of likely N-dealkylation sites (tertiary alicyclic amines) is 1. The van der Waals surface area contributed by atoms with Crippen LogP contribution in [0.4, 0.5) is 0 Å². The van der Waals surface area contributed by atoms with Gasteiger partial charge in [-0.05, 0) is 57.7 Å². The highest BCUT2D eigenvalue weighted by molar-refractivity contribution is 5.86. The normalized spacial score (nSPS) is 17.7. The first-order valence-electron chi connectivity index (χ1n) is 12.4. The van der Waals surface area contributed by atoms with Crippen LogP contribution in [0.3, 0.4) is 0 Å². The minimum absolute atomic E-state index is 0.0218. The van der Waals surface area contributed by atoms with E-state index < -0.39 is 5.60 Å². The third kappa shape index (κ3) is 8.28. The minimum atomic E-state index is -1.35. The summed E-state index contributed by atoms with van der Waals surface area (Å²) < 4.78 is 0. The number of phenols is 1. The quantitative estimate of drug-likeness (QED) is 0.229. The lowest BCUT2D eigenvalue weighted by Gasteiger charge is -2.36. The number of nitrogens with one attached hydrogen (secondary N) is 2. The van der Waals surface area contributed by atoms with Crippen molar-refractivity contribution in [3.63, 3.8) is 0 Å². The highest BCUT2D eigenvalue weighted by Crippen LogP contribution is 2.22. The van der Waals surface area contributed by atoms with Gasteiger partial charge in [-0.25, -0.2) is 0 Å². The van der Waals surface area contributed by atoms with E-state index in [1.54, 1.807) is 26.0 Å². The number of hydrogen-bond donors (Lipinski definition) is 4. The summed E-state index contributed by atoms with van der Waals surface area (Å²) in [7, 11) is 1.90. The molecule has 1 aliphatic heterocycles. The van der Waals surface area contributed by atoms with Gasteiger partial charge in [0.15, 0.2) is 0 Å². The molecule has 7 nitrogen and oxygen atoms in total. The van der Waals surface area contributed by atoms with Gasteiger partial charge in [-0.1, -0.05) is 43.4 Å². The SMILES string of the molecule is C=C(C)/C=C(NC)\C(=C/C)CC(=NCc1ccccc1O)N1CCC(NC(=O)C(C)(O)CC)CC1. The zero-order valence-corrected chi connectivity index (χ0v) is 21.9. The monoisotopic (exact) mass is 482 g/mol. The Morgan fingerprint density at radius 3 is 2.51 bits per heavy atom. The maximum atomic E-state index is 12.4. The molecule has 1 unspecified atom stereocenters. The van der Waals surface area contributed by atoms with Crippen LogP contribution in [0.5, 0.6) is 5.75 Å². The molecule has 1 aromatic rings. The Morgan fingerprint density at radius 2 is 1.97 bits per heavy atom. The van der Waals surface area contributed by atoms with E-state index in [-0.39, 0.29) is 17.7 Å². The second kappa shape index (κ2) is 13.1. The summed E-state index contributed by atoms with van der Waals surface area (Å²) in [5.74, 6) is 0.866. The van der Waals surface area contributed by atoms with Gasteiger partial charge in [0.05, 0.1) is 6.54 Å². The average Bonchev–Trinajstić information content (AvgIpc) is 2.84. The topological polar surface area (TPSA) is 97.2 Å². The van der Waals surface area contributed by atoms with Gasteiger partial charge in [0.2, 0.25) is 0 Å². The molecule has 1 amide bonds. The fraction of sp³-hybridized carbons (Fsp3) is 0.500. The van der Waals surface area contributed by atoms with Gasteiger partial charge < -0.3 is 25.7 Å². The van der Waals surface area contributed by atoms with Crippen LogP contribution in [0.1, 0.15) is 58.9 Å². The summed E-state index contributed by atoms with van der Waals surface area (Å²) in [4.78, 5) is 19.6. The van der Waals surface area contributed by atoms with Crippen LogP contribution < -0.4 is 10.6 Å². The number of aliphatic imine (C=N–C) groups is 1. The highest BCUT2D eigenvalue weighted by atomic mass is 16.3. The van der Waals surface area contributed by atoms with Crippen LogP contribution in [0.25, 0.3) is 0 Å². The van der Waals surface area contributed by atoms with Crippen molar-refractivity contribution in [3.8, 4) is 5.75 Å². The maximum absolute atomic E-state index is 12.4. The molecule has 4 N–H and O–H groups in total. The molecule has 1 saturated heterocycles. The first-order chi connectivity index (χ1) is 16.6. The molecule has 0 aliphatic carbocycles. The standard InChI is InChI=1S/C28H42N4O3/c1-7-21(24(29-6)17-20(3)4)18-26(30-19-22-11-9-10-12-25(22)33)32-15-13-23(14-16-32)31-27(34)28(5,35)8-2/h7,9-12,17,23,29,33,35H,3,8,13-16,18-19H2,1-2,4-6H3,(H,31,34)/b21-7-,24-17+,30-26?. The van der Waals surface area contributed by atoms with Gasteiger partial charge in [-0.2, -0.15) is 0 Å². The predicted molar refractivity (Wildman–Crippen MR) is 143 cm³/mol. The third-order valence-corrected chi connectivity index (χ3v) is 6.50. The van der Waals surface area contributed by atoms with Crippen molar-refractivity contribution < 1.29 is 15.0 Å². The number of para-hydroxylation sites is 1. The second-order valence-corrected chi connectivity index (χ2v) is 9.37. The van der Waals surface area contributed by atoms with Crippen molar-refractivity contribution in [1.82, 2.24) is 15.5 Å². The molecule has 1 heterocycles. The zero-order chi connectivity index (χ0) is 26.0. The molecule has 192 valence electrons. The summed E-state index contributed by atoms with van der Waals surface area (Å²) >= 11 is 0. The van der Waals surface area contributed by atoms with Crippen LogP contribution in [0.2, 0.25) is 0 Å². The van der Waals surface area contributed by atoms with Crippen molar-refractivity contribution in [2.75, 3.05) is 20.1 Å². The molecule has 0 radical (unpaired) electrons. The van der Waals surface area contributed by atoms with Crippen LogP contribution in [0, 0.1) is 0 Å². The molecule has 1 fully saturated rings. The summed E-state index contributed by atoms with van der Waals surface area (Å²) in [6.45, 7) is 13.2. The summed E-state index contributed by atoms with van der Waals surface area (Å²) in [6.07, 6.45) is 6.65. The Morgan fingerprint density at radius 1 is 1.31 bits per heavy atom. The number of amidine groups is 1. The average molecular weight is 483 g/mol. The Kier molecular flexibility index (Phi) is 10.6. The molecule has 0 aromatic heterocycles. The van der Waals surface area contributed by atoms with Gasteiger partial charge in [0.25, 0.3) is 5.91 Å². The molecule has 1 aliphatic rings. The molecule has 0 bridgehead atoms. The largest absolute Gasteiger partial charge is 0.508 e. The number of likely N-dealkylation sites (N-methyl/N-ethyl adjacent to an activating group) is 1. The van der Waals surface area contributed by atoms with Crippen LogP contribution in [-0.2, 0) is 11.3 Å². The van der Waals surface area contributed by atoms with E-state index in [4.69, 9.17) is 4.99 Å². The van der Waals surface area contributed by atoms with E-state index in [1.807, 2.05) is 39.1 Å². The Balaban J connectivity index is 2.21. The lowest BCUT2D eigenvalue weighted by Crippen LogP contribution is -2.52. The van der Waals surface area contributed by atoms with Crippen molar-refractivity contribution >= 4 is 11.7 Å². The minimum Gasteiger partial charge on any atom is -0.508 e. The summed E-state index contributed by atoms with van der Waals surface area (Å²) in [5.41, 5.74) is 2.50. The van der Waals surface area contributed by atoms with Crippen molar-refractivity contribution in [2.24, 2.45) is 4.99 Å². The lowest BCUT2D eigenvalue weighted by atomic mass is 9.98. The molecule has 0 saturated carbocycles. The van der Waals surface area contributed by atoms with E-state index in [1.165, 1.54) is 0 Å².